The Morgan fingerprint density at radius 2 is 1.86 bits per heavy atom. The van der Waals surface area contributed by atoms with Crippen LogP contribution in [-0.2, 0) is 14.3 Å². The number of alkyl halides is 1. The molecule has 0 heterocycles. The standard InChI is InChI=1S/C14H17ClN2O4/c1-9(15)13(19)16-8-7-12(18)17-11-5-3-10(4-6-11)14(20)21-2/h3-6,9H,7-8H2,1-2H3,(H,16,19)(H,17,18)/t9-/m1/s1. The summed E-state index contributed by atoms with van der Waals surface area (Å²) in [5.74, 6) is -0.999. The lowest BCUT2D eigenvalue weighted by molar-refractivity contribution is -0.120. The van der Waals surface area contributed by atoms with Gasteiger partial charge in [0.25, 0.3) is 0 Å². The van der Waals surface area contributed by atoms with E-state index < -0.39 is 11.3 Å². The Bertz CT molecular complexity index is 514. The lowest BCUT2D eigenvalue weighted by atomic mass is 10.2. The van der Waals surface area contributed by atoms with Gasteiger partial charge in [-0.3, -0.25) is 9.59 Å². The second kappa shape index (κ2) is 8.26. The molecule has 0 bridgehead atoms. The van der Waals surface area contributed by atoms with Gasteiger partial charge in [-0.1, -0.05) is 0 Å². The maximum atomic E-state index is 11.7. The van der Waals surface area contributed by atoms with E-state index in [1.54, 1.807) is 31.2 Å². The summed E-state index contributed by atoms with van der Waals surface area (Å²) in [5, 5.41) is 4.57. The minimum Gasteiger partial charge on any atom is -0.465 e. The zero-order valence-electron chi connectivity index (χ0n) is 11.8. The molecule has 7 heteroatoms. The van der Waals surface area contributed by atoms with E-state index in [-0.39, 0.29) is 24.8 Å². The molecule has 1 aromatic carbocycles. The fourth-order valence-electron chi connectivity index (χ4n) is 1.47. The van der Waals surface area contributed by atoms with Gasteiger partial charge in [-0.25, -0.2) is 4.79 Å². The highest BCUT2D eigenvalue weighted by atomic mass is 35.5. The number of ether oxygens (including phenoxy) is 1. The van der Waals surface area contributed by atoms with Crippen molar-refractivity contribution >= 4 is 35.1 Å². The summed E-state index contributed by atoms with van der Waals surface area (Å²) < 4.78 is 4.57. The Balaban J connectivity index is 2.41. The van der Waals surface area contributed by atoms with E-state index in [0.717, 1.165) is 0 Å². The minimum atomic E-state index is -0.626. The monoisotopic (exact) mass is 312 g/mol. The molecule has 0 aliphatic carbocycles. The van der Waals surface area contributed by atoms with E-state index >= 15 is 0 Å². The molecule has 0 saturated heterocycles. The van der Waals surface area contributed by atoms with Crippen LogP contribution in [-0.4, -0.2) is 36.8 Å². The topological polar surface area (TPSA) is 84.5 Å². The van der Waals surface area contributed by atoms with Crippen LogP contribution >= 0.6 is 11.6 Å². The highest BCUT2D eigenvalue weighted by Gasteiger charge is 2.09. The summed E-state index contributed by atoms with van der Waals surface area (Å²) in [7, 11) is 1.30. The lowest BCUT2D eigenvalue weighted by Crippen LogP contribution is -2.32. The number of esters is 1. The van der Waals surface area contributed by atoms with E-state index in [4.69, 9.17) is 11.6 Å². The van der Waals surface area contributed by atoms with Crippen LogP contribution in [0.1, 0.15) is 23.7 Å². The van der Waals surface area contributed by atoms with Crippen LogP contribution in [0.3, 0.4) is 0 Å². The molecule has 2 amide bonds. The van der Waals surface area contributed by atoms with Crippen LogP contribution < -0.4 is 10.6 Å². The van der Waals surface area contributed by atoms with Crippen molar-refractivity contribution in [3.63, 3.8) is 0 Å². The van der Waals surface area contributed by atoms with E-state index in [1.807, 2.05) is 0 Å². The van der Waals surface area contributed by atoms with Crippen LogP contribution in [0.2, 0.25) is 0 Å². The third-order valence-electron chi connectivity index (χ3n) is 2.60. The van der Waals surface area contributed by atoms with Crippen molar-refractivity contribution < 1.29 is 19.1 Å². The molecule has 0 fully saturated rings. The molecule has 21 heavy (non-hydrogen) atoms. The number of benzene rings is 1. The highest BCUT2D eigenvalue weighted by Crippen LogP contribution is 2.10. The van der Waals surface area contributed by atoms with Gasteiger partial charge in [0.1, 0.15) is 5.38 Å². The van der Waals surface area contributed by atoms with E-state index in [9.17, 15) is 14.4 Å². The van der Waals surface area contributed by atoms with Gasteiger partial charge in [-0.15, -0.1) is 11.6 Å². The Labute approximate surface area is 127 Å². The number of halogens is 1. The zero-order valence-corrected chi connectivity index (χ0v) is 12.6. The SMILES string of the molecule is COC(=O)c1ccc(NC(=O)CCNC(=O)[C@@H](C)Cl)cc1. The van der Waals surface area contributed by atoms with E-state index in [1.165, 1.54) is 7.11 Å². The number of carbonyl (C=O) groups excluding carboxylic acids is 3. The minimum absolute atomic E-state index is 0.133. The number of hydrogen-bond donors (Lipinski definition) is 2. The first-order valence-corrected chi connectivity index (χ1v) is 6.77. The Morgan fingerprint density at radius 1 is 1.24 bits per heavy atom. The summed E-state index contributed by atoms with van der Waals surface area (Å²) in [5.41, 5.74) is 0.962. The lowest BCUT2D eigenvalue weighted by Gasteiger charge is -2.08. The Hall–Kier alpha value is -2.08. The predicted octanol–water partition coefficient (Wildman–Crippen LogP) is 1.55. The summed E-state index contributed by atoms with van der Waals surface area (Å²) >= 11 is 5.58. The van der Waals surface area contributed by atoms with E-state index in [2.05, 4.69) is 15.4 Å². The third-order valence-corrected chi connectivity index (χ3v) is 2.80. The molecule has 1 rings (SSSR count). The Morgan fingerprint density at radius 3 is 2.38 bits per heavy atom. The maximum absolute atomic E-state index is 11.7. The van der Waals surface area contributed by atoms with Crippen LogP contribution in [0, 0.1) is 0 Å². The number of carbonyl (C=O) groups is 3. The van der Waals surface area contributed by atoms with Crippen LogP contribution in [0.4, 0.5) is 5.69 Å². The molecule has 6 nitrogen and oxygen atoms in total. The fourth-order valence-corrected chi connectivity index (χ4v) is 1.55. The number of anilines is 1. The smallest absolute Gasteiger partial charge is 0.337 e. The van der Waals surface area contributed by atoms with Gasteiger partial charge in [-0.2, -0.15) is 0 Å². The molecule has 0 aliphatic heterocycles. The van der Waals surface area contributed by atoms with Crippen molar-refractivity contribution in [1.29, 1.82) is 0 Å². The van der Waals surface area contributed by atoms with Crippen molar-refractivity contribution in [2.75, 3.05) is 19.0 Å². The summed E-state index contributed by atoms with van der Waals surface area (Å²) in [6.07, 6.45) is 0.133. The quantitative estimate of drug-likeness (QED) is 0.616. The average Bonchev–Trinajstić information content (AvgIpc) is 2.46. The normalized spacial score (nSPS) is 11.4. The molecule has 2 N–H and O–H groups in total. The fraction of sp³-hybridized carbons (Fsp3) is 0.357. The number of amides is 2. The van der Waals surface area contributed by atoms with Gasteiger partial charge in [0.15, 0.2) is 0 Å². The highest BCUT2D eigenvalue weighted by molar-refractivity contribution is 6.30. The van der Waals surface area contributed by atoms with Crippen molar-refractivity contribution in [3.05, 3.63) is 29.8 Å². The van der Waals surface area contributed by atoms with Crippen LogP contribution in [0.5, 0.6) is 0 Å². The van der Waals surface area contributed by atoms with E-state index in [0.29, 0.717) is 11.3 Å². The number of methoxy groups -OCH3 is 1. The van der Waals surface area contributed by atoms with Crippen molar-refractivity contribution in [1.82, 2.24) is 5.32 Å². The summed E-state index contributed by atoms with van der Waals surface area (Å²) in [4.78, 5) is 34.1. The molecule has 1 atom stereocenters. The third kappa shape index (κ3) is 5.83. The number of rotatable bonds is 6. The second-order valence-corrected chi connectivity index (χ2v) is 4.93. The second-order valence-electron chi connectivity index (χ2n) is 4.27. The largest absolute Gasteiger partial charge is 0.465 e. The van der Waals surface area contributed by atoms with Gasteiger partial charge in [0, 0.05) is 18.7 Å². The summed E-state index contributed by atoms with van der Waals surface area (Å²) in [6, 6.07) is 6.31. The van der Waals surface area contributed by atoms with Gasteiger partial charge in [0.05, 0.1) is 12.7 Å². The van der Waals surface area contributed by atoms with Gasteiger partial charge in [-0.05, 0) is 31.2 Å². The first kappa shape index (κ1) is 17.0. The maximum Gasteiger partial charge on any atom is 0.337 e. The molecule has 0 aliphatic rings. The first-order chi connectivity index (χ1) is 9.93. The molecule has 1 aromatic rings. The molecule has 0 spiro atoms. The van der Waals surface area contributed by atoms with Crippen molar-refractivity contribution in [3.8, 4) is 0 Å². The summed E-state index contributed by atoms with van der Waals surface area (Å²) in [6.45, 7) is 1.77. The molecule has 114 valence electrons. The molecule has 0 aromatic heterocycles. The molecule has 0 unspecified atom stereocenters. The zero-order chi connectivity index (χ0) is 15.8. The van der Waals surface area contributed by atoms with Crippen LogP contribution in [0.15, 0.2) is 24.3 Å². The predicted molar refractivity (Wildman–Crippen MR) is 79.4 cm³/mol. The molecular formula is C14H17ClN2O4. The first-order valence-electron chi connectivity index (χ1n) is 6.34. The van der Waals surface area contributed by atoms with Crippen LogP contribution in [0.25, 0.3) is 0 Å². The molecule has 0 radical (unpaired) electrons. The number of hydrogen-bond acceptors (Lipinski definition) is 4. The van der Waals surface area contributed by atoms with Gasteiger partial charge >= 0.3 is 5.97 Å². The molecular weight excluding hydrogens is 296 g/mol. The number of nitrogens with one attached hydrogen (secondary N) is 2. The van der Waals surface area contributed by atoms with Gasteiger partial charge in [0.2, 0.25) is 11.8 Å². The average molecular weight is 313 g/mol. The Kier molecular flexibility index (Phi) is 6.68. The van der Waals surface area contributed by atoms with Crippen molar-refractivity contribution in [2.24, 2.45) is 0 Å². The van der Waals surface area contributed by atoms with Crippen molar-refractivity contribution in [2.45, 2.75) is 18.7 Å². The van der Waals surface area contributed by atoms with Gasteiger partial charge < -0.3 is 15.4 Å². The molecule has 0 saturated carbocycles.